The Kier molecular flexibility index (Phi) is 4.86. The van der Waals surface area contributed by atoms with Crippen molar-refractivity contribution in [1.29, 1.82) is 0 Å². The minimum absolute atomic E-state index is 0.0583. The van der Waals surface area contributed by atoms with E-state index in [1.807, 2.05) is 11.7 Å². The van der Waals surface area contributed by atoms with E-state index in [1.165, 1.54) is 11.3 Å². The summed E-state index contributed by atoms with van der Waals surface area (Å²) < 4.78 is 1.91. The third-order valence-corrected chi connectivity index (χ3v) is 4.18. The maximum Gasteiger partial charge on any atom is 0.0722 e. The summed E-state index contributed by atoms with van der Waals surface area (Å²) in [6.07, 6.45) is 6.29. The maximum atomic E-state index is 9.53. The number of aromatic nitrogens is 2. The van der Waals surface area contributed by atoms with Gasteiger partial charge in [0, 0.05) is 30.8 Å². The van der Waals surface area contributed by atoms with Gasteiger partial charge in [-0.25, -0.2) is 0 Å². The molecule has 1 aliphatic rings. The van der Waals surface area contributed by atoms with Gasteiger partial charge in [0.15, 0.2) is 0 Å². The normalized spacial score (nSPS) is 24.1. The van der Waals surface area contributed by atoms with E-state index < -0.39 is 0 Å². The van der Waals surface area contributed by atoms with E-state index in [2.05, 4.69) is 37.4 Å². The Bertz CT molecular complexity index is 425. The third kappa shape index (κ3) is 4.06. The van der Waals surface area contributed by atoms with Gasteiger partial charge in [0.05, 0.1) is 11.8 Å². The topological polar surface area (TPSA) is 50.1 Å². The van der Waals surface area contributed by atoms with Crippen molar-refractivity contribution in [3.05, 3.63) is 17.5 Å². The first-order valence-corrected chi connectivity index (χ1v) is 7.78. The highest BCUT2D eigenvalue weighted by atomic mass is 16.3. The zero-order chi connectivity index (χ0) is 14.8. The molecule has 0 amide bonds. The molecule has 2 N–H and O–H groups in total. The summed E-state index contributed by atoms with van der Waals surface area (Å²) >= 11 is 0. The van der Waals surface area contributed by atoms with E-state index in [0.717, 1.165) is 38.8 Å². The van der Waals surface area contributed by atoms with Crippen molar-refractivity contribution in [2.45, 2.75) is 64.5 Å². The predicted octanol–water partition coefficient (Wildman–Crippen LogP) is 2.36. The molecule has 0 bridgehead atoms. The lowest BCUT2D eigenvalue weighted by Gasteiger charge is -2.25. The molecule has 0 saturated heterocycles. The smallest absolute Gasteiger partial charge is 0.0722 e. The van der Waals surface area contributed by atoms with Crippen LogP contribution in [-0.2, 0) is 19.0 Å². The van der Waals surface area contributed by atoms with Crippen molar-refractivity contribution >= 4 is 0 Å². The first-order valence-electron chi connectivity index (χ1n) is 7.78. The molecule has 1 aliphatic carbocycles. The molecule has 1 heterocycles. The summed E-state index contributed by atoms with van der Waals surface area (Å²) in [5, 5.41) is 17.7. The number of aliphatic hydroxyl groups is 1. The summed E-state index contributed by atoms with van der Waals surface area (Å²) in [5.41, 5.74) is 2.58. The molecule has 1 fully saturated rings. The number of hydrogen-bond donors (Lipinski definition) is 2. The van der Waals surface area contributed by atoms with Gasteiger partial charge in [0.25, 0.3) is 0 Å². The van der Waals surface area contributed by atoms with Gasteiger partial charge in [-0.2, -0.15) is 5.10 Å². The van der Waals surface area contributed by atoms with Crippen LogP contribution in [0.25, 0.3) is 0 Å². The van der Waals surface area contributed by atoms with Crippen LogP contribution in [0.2, 0.25) is 0 Å². The van der Waals surface area contributed by atoms with Gasteiger partial charge in [-0.05, 0) is 38.1 Å². The summed E-state index contributed by atoms with van der Waals surface area (Å²) in [6, 6.07) is 0. The number of nitrogens with one attached hydrogen (secondary N) is 1. The molecule has 0 unspecified atom stereocenters. The monoisotopic (exact) mass is 279 g/mol. The van der Waals surface area contributed by atoms with Crippen molar-refractivity contribution in [2.24, 2.45) is 13.0 Å². The largest absolute Gasteiger partial charge is 0.393 e. The molecule has 114 valence electrons. The van der Waals surface area contributed by atoms with Crippen LogP contribution < -0.4 is 5.32 Å². The molecular weight excluding hydrogens is 250 g/mol. The molecule has 0 atom stereocenters. The fraction of sp³-hybridized carbons (Fsp3) is 0.812. The lowest BCUT2D eigenvalue weighted by atomic mass is 9.87. The number of rotatable bonds is 4. The van der Waals surface area contributed by atoms with Gasteiger partial charge in [-0.3, -0.25) is 4.68 Å². The average Bonchev–Trinajstić information content (AvgIpc) is 2.73. The fourth-order valence-corrected chi connectivity index (χ4v) is 3.06. The molecule has 1 aromatic heterocycles. The molecular formula is C16H29N3O. The number of hydrogen-bond acceptors (Lipinski definition) is 3. The highest BCUT2D eigenvalue weighted by molar-refractivity contribution is 5.23. The van der Waals surface area contributed by atoms with Crippen LogP contribution in [-0.4, -0.2) is 27.5 Å². The third-order valence-electron chi connectivity index (χ3n) is 4.18. The summed E-state index contributed by atoms with van der Waals surface area (Å²) in [6.45, 7) is 8.56. The van der Waals surface area contributed by atoms with Gasteiger partial charge in [0.1, 0.15) is 0 Å². The van der Waals surface area contributed by atoms with E-state index >= 15 is 0 Å². The average molecular weight is 279 g/mol. The molecule has 0 radical (unpaired) electrons. The summed E-state index contributed by atoms with van der Waals surface area (Å²) in [7, 11) is 1.99. The van der Waals surface area contributed by atoms with Crippen molar-refractivity contribution in [3.8, 4) is 0 Å². The molecule has 0 aromatic carbocycles. The maximum absolute atomic E-state index is 9.53. The molecule has 1 saturated carbocycles. The minimum atomic E-state index is -0.0583. The lowest BCUT2D eigenvalue weighted by molar-refractivity contribution is 0.108. The quantitative estimate of drug-likeness (QED) is 0.889. The van der Waals surface area contributed by atoms with Crippen LogP contribution in [0, 0.1) is 5.92 Å². The Morgan fingerprint density at radius 1 is 1.30 bits per heavy atom. The first kappa shape index (κ1) is 15.5. The first-order chi connectivity index (χ1) is 9.36. The van der Waals surface area contributed by atoms with E-state index in [-0.39, 0.29) is 11.5 Å². The van der Waals surface area contributed by atoms with Crippen molar-refractivity contribution in [2.75, 3.05) is 6.54 Å². The van der Waals surface area contributed by atoms with Crippen LogP contribution in [0.4, 0.5) is 0 Å². The Morgan fingerprint density at radius 2 is 1.95 bits per heavy atom. The summed E-state index contributed by atoms with van der Waals surface area (Å²) in [5.74, 6) is 0.716. The molecule has 2 rings (SSSR count). The second-order valence-corrected chi connectivity index (χ2v) is 7.23. The number of aliphatic hydroxyl groups excluding tert-OH is 1. The Labute approximate surface area is 122 Å². The highest BCUT2D eigenvalue weighted by Crippen LogP contribution is 2.25. The van der Waals surface area contributed by atoms with Gasteiger partial charge in [-0.15, -0.1) is 0 Å². The SMILES string of the molecule is Cn1cc(CNCC2CCC(O)CC2)c(C(C)(C)C)n1. The van der Waals surface area contributed by atoms with Crippen LogP contribution in [0.5, 0.6) is 0 Å². The van der Waals surface area contributed by atoms with Gasteiger partial charge < -0.3 is 10.4 Å². The number of nitrogens with zero attached hydrogens (tertiary/aromatic N) is 2. The second kappa shape index (κ2) is 6.27. The van der Waals surface area contributed by atoms with E-state index in [1.54, 1.807) is 0 Å². The standard InChI is InChI=1S/C16H29N3O/c1-16(2,3)15-13(11-19(4)18-15)10-17-9-12-5-7-14(20)8-6-12/h11-12,14,17,20H,5-10H2,1-4H3. The van der Waals surface area contributed by atoms with E-state index in [9.17, 15) is 5.11 Å². The van der Waals surface area contributed by atoms with Gasteiger partial charge in [0.2, 0.25) is 0 Å². The van der Waals surface area contributed by atoms with E-state index in [4.69, 9.17) is 0 Å². The van der Waals surface area contributed by atoms with Crippen LogP contribution in [0.1, 0.15) is 57.7 Å². The van der Waals surface area contributed by atoms with Crippen molar-refractivity contribution < 1.29 is 5.11 Å². The number of aryl methyl sites for hydroxylation is 1. The lowest BCUT2D eigenvalue weighted by Crippen LogP contribution is -2.28. The van der Waals surface area contributed by atoms with E-state index in [0.29, 0.717) is 5.92 Å². The second-order valence-electron chi connectivity index (χ2n) is 7.23. The Balaban J connectivity index is 1.85. The van der Waals surface area contributed by atoms with Crippen LogP contribution >= 0.6 is 0 Å². The predicted molar refractivity (Wildman–Crippen MR) is 81.6 cm³/mol. The molecule has 0 spiro atoms. The van der Waals surface area contributed by atoms with Crippen LogP contribution in [0.3, 0.4) is 0 Å². The van der Waals surface area contributed by atoms with Crippen LogP contribution in [0.15, 0.2) is 6.20 Å². The Hall–Kier alpha value is -0.870. The fourth-order valence-electron chi connectivity index (χ4n) is 3.06. The van der Waals surface area contributed by atoms with Gasteiger partial charge in [-0.1, -0.05) is 20.8 Å². The van der Waals surface area contributed by atoms with Crippen molar-refractivity contribution in [1.82, 2.24) is 15.1 Å². The minimum Gasteiger partial charge on any atom is -0.393 e. The Morgan fingerprint density at radius 3 is 2.55 bits per heavy atom. The van der Waals surface area contributed by atoms with Crippen molar-refractivity contribution in [3.63, 3.8) is 0 Å². The molecule has 4 heteroatoms. The zero-order valence-corrected chi connectivity index (χ0v) is 13.3. The molecule has 20 heavy (non-hydrogen) atoms. The highest BCUT2D eigenvalue weighted by Gasteiger charge is 2.22. The zero-order valence-electron chi connectivity index (χ0n) is 13.3. The summed E-state index contributed by atoms with van der Waals surface area (Å²) in [4.78, 5) is 0. The molecule has 1 aromatic rings. The molecule has 0 aliphatic heterocycles. The molecule has 4 nitrogen and oxygen atoms in total. The van der Waals surface area contributed by atoms with Gasteiger partial charge >= 0.3 is 0 Å².